The van der Waals surface area contributed by atoms with Gasteiger partial charge in [0.1, 0.15) is 0 Å². The molecule has 2 aliphatic carbocycles. The predicted octanol–water partition coefficient (Wildman–Crippen LogP) is 2.79. The lowest BCUT2D eigenvalue weighted by Crippen LogP contribution is -2.28. The summed E-state index contributed by atoms with van der Waals surface area (Å²) in [5, 5.41) is 5.56. The molecule has 2 aromatic rings. The van der Waals surface area contributed by atoms with Gasteiger partial charge in [-0.05, 0) is 60.9 Å². The van der Waals surface area contributed by atoms with Gasteiger partial charge in [-0.3, -0.25) is 14.4 Å². The van der Waals surface area contributed by atoms with Gasteiger partial charge in [0.05, 0.1) is 17.7 Å². The molecule has 1 fully saturated rings. The van der Waals surface area contributed by atoms with Gasteiger partial charge in [0.15, 0.2) is 6.61 Å². The molecule has 0 atom stereocenters. The van der Waals surface area contributed by atoms with Gasteiger partial charge in [-0.15, -0.1) is 0 Å². The van der Waals surface area contributed by atoms with Crippen LogP contribution in [0.5, 0.6) is 0 Å². The monoisotopic (exact) mass is 392 g/mol. The zero-order chi connectivity index (χ0) is 20.2. The van der Waals surface area contributed by atoms with Crippen LogP contribution >= 0.6 is 0 Å². The number of esters is 1. The van der Waals surface area contributed by atoms with Gasteiger partial charge >= 0.3 is 5.97 Å². The number of fused-ring (bicyclic) bond motifs is 1. The fourth-order valence-electron chi connectivity index (χ4n) is 3.57. The maximum atomic E-state index is 12.3. The highest BCUT2D eigenvalue weighted by atomic mass is 16.5. The Hall–Kier alpha value is -3.15. The Labute approximate surface area is 169 Å². The van der Waals surface area contributed by atoms with Gasteiger partial charge in [0.25, 0.3) is 11.8 Å². The average molecular weight is 392 g/mol. The summed E-state index contributed by atoms with van der Waals surface area (Å²) in [6, 6.07) is 13.1. The average Bonchev–Trinajstić information content (AvgIpc) is 3.40. The third-order valence-electron chi connectivity index (χ3n) is 5.23. The van der Waals surface area contributed by atoms with Crippen LogP contribution in [0.25, 0.3) is 0 Å². The molecular weight excluding hydrogens is 368 g/mol. The number of nitrogens with one attached hydrogen (secondary N) is 2. The van der Waals surface area contributed by atoms with E-state index in [-0.39, 0.29) is 25.0 Å². The first kappa shape index (κ1) is 19.2. The van der Waals surface area contributed by atoms with Gasteiger partial charge in [0.2, 0.25) is 0 Å². The van der Waals surface area contributed by atoms with Gasteiger partial charge in [0, 0.05) is 6.04 Å². The van der Waals surface area contributed by atoms with E-state index in [9.17, 15) is 14.4 Å². The first-order chi connectivity index (χ1) is 14.1. The molecule has 0 heterocycles. The van der Waals surface area contributed by atoms with E-state index in [4.69, 9.17) is 4.74 Å². The number of hydrogen-bond acceptors (Lipinski definition) is 4. The number of hydrogen-bond donors (Lipinski definition) is 2. The van der Waals surface area contributed by atoms with Crippen LogP contribution in [0, 0.1) is 0 Å². The summed E-state index contributed by atoms with van der Waals surface area (Å²) in [5.41, 5.74) is 4.36. The second kappa shape index (κ2) is 8.47. The number of anilines is 1. The summed E-state index contributed by atoms with van der Waals surface area (Å²) in [6.45, 7) is -0.387. The van der Waals surface area contributed by atoms with Crippen LogP contribution < -0.4 is 10.6 Å². The summed E-state index contributed by atoms with van der Waals surface area (Å²) >= 11 is 0. The number of aryl methyl sites for hydroxylation is 2. The fourth-order valence-corrected chi connectivity index (χ4v) is 3.57. The van der Waals surface area contributed by atoms with Crippen molar-refractivity contribution in [3.05, 3.63) is 64.7 Å². The molecule has 150 valence electrons. The molecule has 2 N–H and O–H groups in total. The van der Waals surface area contributed by atoms with Crippen LogP contribution in [-0.2, 0) is 33.6 Å². The third-order valence-corrected chi connectivity index (χ3v) is 5.23. The summed E-state index contributed by atoms with van der Waals surface area (Å²) < 4.78 is 5.12. The van der Waals surface area contributed by atoms with Crippen molar-refractivity contribution in [2.75, 3.05) is 11.9 Å². The number of para-hydroxylation sites is 1. The number of carbonyl (C=O) groups is 3. The quantitative estimate of drug-likeness (QED) is 0.710. The number of ether oxygens (including phenoxy) is 1. The molecule has 4 rings (SSSR count). The van der Waals surface area contributed by atoms with E-state index in [2.05, 4.69) is 22.8 Å². The predicted molar refractivity (Wildman–Crippen MR) is 109 cm³/mol. The molecule has 0 aromatic heterocycles. The van der Waals surface area contributed by atoms with Crippen molar-refractivity contribution in [1.29, 1.82) is 0 Å². The zero-order valence-electron chi connectivity index (χ0n) is 16.2. The van der Waals surface area contributed by atoms with Crippen LogP contribution in [0.4, 0.5) is 5.69 Å². The van der Waals surface area contributed by atoms with Crippen molar-refractivity contribution < 1.29 is 19.1 Å². The summed E-state index contributed by atoms with van der Waals surface area (Å²) in [6.07, 6.45) is 5.42. The standard InChI is InChI=1S/C23H24N2O4/c26-21(25-20-7-2-1-6-19(20)23(28)24-18-10-11-18)14-29-22(27)13-15-8-9-16-4-3-5-17(16)12-15/h1-2,6-9,12,18H,3-5,10-11,13-14H2,(H,24,28)(H,25,26). The van der Waals surface area contributed by atoms with Crippen LogP contribution in [0.2, 0.25) is 0 Å². The molecule has 2 aromatic carbocycles. The molecule has 0 unspecified atom stereocenters. The highest BCUT2D eigenvalue weighted by molar-refractivity contribution is 6.04. The van der Waals surface area contributed by atoms with Crippen LogP contribution in [-0.4, -0.2) is 30.4 Å². The Balaban J connectivity index is 1.29. The highest BCUT2D eigenvalue weighted by Crippen LogP contribution is 2.23. The molecule has 0 bridgehead atoms. The van der Waals surface area contributed by atoms with Crippen LogP contribution in [0.1, 0.15) is 46.3 Å². The highest BCUT2D eigenvalue weighted by Gasteiger charge is 2.25. The topological polar surface area (TPSA) is 84.5 Å². The van der Waals surface area contributed by atoms with Crippen molar-refractivity contribution >= 4 is 23.5 Å². The van der Waals surface area contributed by atoms with Gasteiger partial charge in [-0.2, -0.15) is 0 Å². The Morgan fingerprint density at radius 3 is 2.62 bits per heavy atom. The van der Waals surface area contributed by atoms with E-state index in [1.807, 2.05) is 6.07 Å². The van der Waals surface area contributed by atoms with Crippen LogP contribution in [0.15, 0.2) is 42.5 Å². The lowest BCUT2D eigenvalue weighted by molar-refractivity contribution is -0.146. The van der Waals surface area contributed by atoms with E-state index in [0.29, 0.717) is 11.3 Å². The molecule has 0 radical (unpaired) electrons. The minimum atomic E-state index is -0.473. The van der Waals surface area contributed by atoms with Crippen molar-refractivity contribution in [1.82, 2.24) is 5.32 Å². The number of amides is 2. The van der Waals surface area contributed by atoms with Gasteiger partial charge in [-0.25, -0.2) is 0 Å². The lowest BCUT2D eigenvalue weighted by atomic mass is 10.0. The molecule has 2 aliphatic rings. The Kier molecular flexibility index (Phi) is 5.60. The number of carbonyl (C=O) groups excluding carboxylic acids is 3. The summed E-state index contributed by atoms with van der Waals surface area (Å²) in [4.78, 5) is 36.6. The van der Waals surface area contributed by atoms with Crippen LogP contribution in [0.3, 0.4) is 0 Å². The van der Waals surface area contributed by atoms with Crippen molar-refractivity contribution in [3.8, 4) is 0 Å². The van der Waals surface area contributed by atoms with E-state index < -0.39 is 11.9 Å². The van der Waals surface area contributed by atoms with E-state index in [0.717, 1.165) is 37.7 Å². The van der Waals surface area contributed by atoms with E-state index >= 15 is 0 Å². The maximum absolute atomic E-state index is 12.3. The molecule has 0 aliphatic heterocycles. The van der Waals surface area contributed by atoms with Crippen molar-refractivity contribution in [2.45, 2.75) is 44.6 Å². The molecule has 2 amide bonds. The molecule has 6 nitrogen and oxygen atoms in total. The number of benzene rings is 2. The second-order valence-corrected chi connectivity index (χ2v) is 7.64. The number of rotatable bonds is 7. The first-order valence-corrected chi connectivity index (χ1v) is 10.0. The third kappa shape index (κ3) is 5.02. The largest absolute Gasteiger partial charge is 0.455 e. The van der Waals surface area contributed by atoms with Gasteiger partial charge in [-0.1, -0.05) is 30.3 Å². The molecule has 0 saturated heterocycles. The Morgan fingerprint density at radius 2 is 1.79 bits per heavy atom. The molecule has 1 saturated carbocycles. The van der Waals surface area contributed by atoms with Gasteiger partial charge < -0.3 is 15.4 Å². The lowest BCUT2D eigenvalue weighted by Gasteiger charge is -2.11. The summed E-state index contributed by atoms with van der Waals surface area (Å²) in [5.74, 6) is -1.13. The van der Waals surface area contributed by atoms with E-state index in [1.165, 1.54) is 11.1 Å². The molecule has 6 heteroatoms. The first-order valence-electron chi connectivity index (χ1n) is 10.0. The molecular formula is C23H24N2O4. The van der Waals surface area contributed by atoms with Crippen molar-refractivity contribution in [2.24, 2.45) is 0 Å². The second-order valence-electron chi connectivity index (χ2n) is 7.64. The normalized spacial score (nSPS) is 14.8. The smallest absolute Gasteiger partial charge is 0.310 e. The summed E-state index contributed by atoms with van der Waals surface area (Å²) in [7, 11) is 0. The fraction of sp³-hybridized carbons (Fsp3) is 0.348. The maximum Gasteiger partial charge on any atom is 0.310 e. The Morgan fingerprint density at radius 1 is 1.00 bits per heavy atom. The zero-order valence-corrected chi connectivity index (χ0v) is 16.2. The molecule has 29 heavy (non-hydrogen) atoms. The minimum Gasteiger partial charge on any atom is -0.455 e. The van der Waals surface area contributed by atoms with Crippen molar-refractivity contribution in [3.63, 3.8) is 0 Å². The molecule has 0 spiro atoms. The Bertz CT molecular complexity index is 950. The SMILES string of the molecule is O=C(COC(=O)Cc1ccc2c(c1)CCC2)Nc1ccccc1C(=O)NC1CC1. The minimum absolute atomic E-state index is 0.140. The van der Waals surface area contributed by atoms with E-state index in [1.54, 1.807) is 24.3 Å².